The lowest BCUT2D eigenvalue weighted by Crippen LogP contribution is -2.41. The van der Waals surface area contributed by atoms with Crippen molar-refractivity contribution in [3.63, 3.8) is 0 Å². The zero-order chi connectivity index (χ0) is 14.9. The Morgan fingerprint density at radius 3 is 2.55 bits per heavy atom. The van der Waals surface area contributed by atoms with E-state index in [1.807, 2.05) is 13.0 Å². The standard InChI is InChI=1S/C15H19N3O2/c1-5-12-16-11-9-7-6-8-10(11)13(19)18(12)17-14(20)15(2,3)4/h6-9H,5H2,1-4H3,(H,17,20). The molecule has 1 N–H and O–H groups in total. The Morgan fingerprint density at radius 1 is 1.30 bits per heavy atom. The Morgan fingerprint density at radius 2 is 1.95 bits per heavy atom. The smallest absolute Gasteiger partial charge is 0.273 e. The molecule has 0 aliphatic carbocycles. The third-order valence-electron chi connectivity index (χ3n) is 3.06. The van der Waals surface area contributed by atoms with Gasteiger partial charge in [-0.1, -0.05) is 39.8 Å². The van der Waals surface area contributed by atoms with Gasteiger partial charge in [0, 0.05) is 11.8 Å². The molecule has 2 aromatic rings. The molecule has 0 atom stereocenters. The molecule has 5 nitrogen and oxygen atoms in total. The van der Waals surface area contributed by atoms with Gasteiger partial charge in [0.15, 0.2) is 0 Å². The third-order valence-corrected chi connectivity index (χ3v) is 3.06. The first kappa shape index (κ1) is 14.2. The molecule has 0 saturated heterocycles. The van der Waals surface area contributed by atoms with Gasteiger partial charge >= 0.3 is 0 Å². The Kier molecular flexibility index (Phi) is 3.61. The third kappa shape index (κ3) is 2.57. The van der Waals surface area contributed by atoms with E-state index < -0.39 is 5.41 Å². The van der Waals surface area contributed by atoms with Crippen molar-refractivity contribution in [1.29, 1.82) is 0 Å². The summed E-state index contributed by atoms with van der Waals surface area (Å²) in [6, 6.07) is 7.13. The first-order valence-electron chi connectivity index (χ1n) is 6.66. The van der Waals surface area contributed by atoms with Crippen molar-refractivity contribution < 1.29 is 4.79 Å². The molecule has 1 aromatic carbocycles. The summed E-state index contributed by atoms with van der Waals surface area (Å²) < 4.78 is 1.26. The number of fused-ring (bicyclic) bond motifs is 1. The van der Waals surface area contributed by atoms with E-state index in [1.54, 1.807) is 39.0 Å². The number of nitrogens with zero attached hydrogens (tertiary/aromatic N) is 2. The Hall–Kier alpha value is -2.17. The number of para-hydroxylation sites is 1. The second-order valence-electron chi connectivity index (χ2n) is 5.73. The minimum absolute atomic E-state index is 0.216. The summed E-state index contributed by atoms with van der Waals surface area (Å²) in [5.41, 5.74) is 2.49. The normalized spacial score (nSPS) is 11.6. The molecule has 20 heavy (non-hydrogen) atoms. The highest BCUT2D eigenvalue weighted by atomic mass is 16.2. The number of aromatic nitrogens is 2. The van der Waals surface area contributed by atoms with Gasteiger partial charge in [0.25, 0.3) is 5.56 Å². The predicted molar refractivity (Wildman–Crippen MR) is 79.2 cm³/mol. The second-order valence-corrected chi connectivity index (χ2v) is 5.73. The Bertz CT molecular complexity index is 711. The number of benzene rings is 1. The van der Waals surface area contributed by atoms with Crippen LogP contribution in [-0.2, 0) is 11.2 Å². The van der Waals surface area contributed by atoms with Gasteiger partial charge in [0.05, 0.1) is 10.9 Å². The number of amides is 1. The molecule has 0 spiro atoms. The number of carbonyl (C=O) groups excluding carboxylic acids is 1. The number of rotatable bonds is 2. The van der Waals surface area contributed by atoms with Crippen molar-refractivity contribution in [2.75, 3.05) is 5.43 Å². The molecule has 0 bridgehead atoms. The average Bonchev–Trinajstić information content (AvgIpc) is 2.40. The van der Waals surface area contributed by atoms with Crippen molar-refractivity contribution in [2.24, 2.45) is 5.41 Å². The summed E-state index contributed by atoms with van der Waals surface area (Å²) in [6.07, 6.45) is 0.560. The van der Waals surface area contributed by atoms with E-state index in [0.717, 1.165) is 0 Å². The van der Waals surface area contributed by atoms with E-state index in [0.29, 0.717) is 23.1 Å². The maximum absolute atomic E-state index is 12.5. The highest BCUT2D eigenvalue weighted by Gasteiger charge is 2.23. The molecule has 2 rings (SSSR count). The van der Waals surface area contributed by atoms with Crippen molar-refractivity contribution in [3.05, 3.63) is 40.4 Å². The molecule has 1 aromatic heterocycles. The highest BCUT2D eigenvalue weighted by molar-refractivity contribution is 5.88. The summed E-state index contributed by atoms with van der Waals surface area (Å²) >= 11 is 0. The fourth-order valence-electron chi connectivity index (χ4n) is 1.80. The Labute approximate surface area is 117 Å². The summed E-state index contributed by atoms with van der Waals surface area (Å²) in [5, 5.41) is 0.499. The van der Waals surface area contributed by atoms with E-state index in [2.05, 4.69) is 10.4 Å². The van der Waals surface area contributed by atoms with Crippen LogP contribution in [0.4, 0.5) is 0 Å². The van der Waals surface area contributed by atoms with Crippen LogP contribution in [0.2, 0.25) is 0 Å². The van der Waals surface area contributed by atoms with Gasteiger partial charge < -0.3 is 0 Å². The van der Waals surface area contributed by atoms with Crippen molar-refractivity contribution in [1.82, 2.24) is 9.66 Å². The summed E-state index contributed by atoms with van der Waals surface area (Å²) in [4.78, 5) is 29.0. The van der Waals surface area contributed by atoms with Crippen LogP contribution in [0.5, 0.6) is 0 Å². The number of aryl methyl sites for hydroxylation is 1. The summed E-state index contributed by atoms with van der Waals surface area (Å²) in [5.74, 6) is 0.331. The van der Waals surface area contributed by atoms with Gasteiger partial charge in [-0.25, -0.2) is 9.66 Å². The molecule has 0 saturated carbocycles. The van der Waals surface area contributed by atoms with E-state index in [9.17, 15) is 9.59 Å². The maximum Gasteiger partial charge on any atom is 0.280 e. The molecule has 0 aliphatic heterocycles. The molecule has 0 radical (unpaired) electrons. The van der Waals surface area contributed by atoms with Gasteiger partial charge in [-0.3, -0.25) is 15.0 Å². The molecule has 0 aliphatic rings. The molecular formula is C15H19N3O2. The topological polar surface area (TPSA) is 64.0 Å². The molecule has 0 unspecified atom stereocenters. The lowest BCUT2D eigenvalue weighted by molar-refractivity contribution is -0.124. The van der Waals surface area contributed by atoms with Crippen molar-refractivity contribution in [2.45, 2.75) is 34.1 Å². The van der Waals surface area contributed by atoms with Gasteiger partial charge in [-0.2, -0.15) is 0 Å². The largest absolute Gasteiger partial charge is 0.280 e. The molecule has 106 valence electrons. The number of nitrogens with one attached hydrogen (secondary N) is 1. The predicted octanol–water partition coefficient (Wildman–Crippen LogP) is 2.08. The van der Waals surface area contributed by atoms with E-state index in [-0.39, 0.29) is 11.5 Å². The lowest BCUT2D eigenvalue weighted by Gasteiger charge is -2.20. The first-order valence-corrected chi connectivity index (χ1v) is 6.66. The summed E-state index contributed by atoms with van der Waals surface area (Å²) in [6.45, 7) is 7.30. The maximum atomic E-state index is 12.5. The SMILES string of the molecule is CCc1nc2ccccc2c(=O)n1NC(=O)C(C)(C)C. The molecule has 5 heteroatoms. The highest BCUT2D eigenvalue weighted by Crippen LogP contribution is 2.14. The van der Waals surface area contributed by atoms with E-state index in [1.165, 1.54) is 4.68 Å². The van der Waals surface area contributed by atoms with Crippen LogP contribution in [0.15, 0.2) is 29.1 Å². The molecule has 1 heterocycles. The fourth-order valence-corrected chi connectivity index (χ4v) is 1.80. The van der Waals surface area contributed by atoms with Gasteiger partial charge in [0.1, 0.15) is 5.82 Å². The lowest BCUT2D eigenvalue weighted by atomic mass is 9.96. The number of hydrogen-bond acceptors (Lipinski definition) is 3. The van der Waals surface area contributed by atoms with Gasteiger partial charge in [-0.05, 0) is 12.1 Å². The van der Waals surface area contributed by atoms with Crippen LogP contribution >= 0.6 is 0 Å². The van der Waals surface area contributed by atoms with Crippen molar-refractivity contribution >= 4 is 16.8 Å². The Balaban J connectivity index is 2.60. The van der Waals surface area contributed by atoms with Crippen LogP contribution < -0.4 is 11.0 Å². The van der Waals surface area contributed by atoms with E-state index in [4.69, 9.17) is 0 Å². The number of carbonyl (C=O) groups is 1. The van der Waals surface area contributed by atoms with Crippen LogP contribution in [0.25, 0.3) is 10.9 Å². The fraction of sp³-hybridized carbons (Fsp3) is 0.400. The summed E-state index contributed by atoms with van der Waals surface area (Å²) in [7, 11) is 0. The van der Waals surface area contributed by atoms with E-state index >= 15 is 0 Å². The monoisotopic (exact) mass is 273 g/mol. The zero-order valence-electron chi connectivity index (χ0n) is 12.2. The quantitative estimate of drug-likeness (QED) is 0.911. The van der Waals surface area contributed by atoms with Crippen LogP contribution in [0.3, 0.4) is 0 Å². The van der Waals surface area contributed by atoms with Crippen LogP contribution in [-0.4, -0.2) is 15.6 Å². The average molecular weight is 273 g/mol. The minimum atomic E-state index is -0.573. The number of hydrogen-bond donors (Lipinski definition) is 1. The molecular weight excluding hydrogens is 254 g/mol. The molecule has 0 fully saturated rings. The van der Waals surface area contributed by atoms with Crippen LogP contribution in [0, 0.1) is 5.41 Å². The zero-order valence-corrected chi connectivity index (χ0v) is 12.2. The first-order chi connectivity index (χ1) is 9.34. The van der Waals surface area contributed by atoms with Crippen molar-refractivity contribution in [3.8, 4) is 0 Å². The minimum Gasteiger partial charge on any atom is -0.273 e. The second kappa shape index (κ2) is 5.07. The molecule has 1 amide bonds. The van der Waals surface area contributed by atoms with Gasteiger partial charge in [-0.15, -0.1) is 0 Å². The van der Waals surface area contributed by atoms with Crippen LogP contribution in [0.1, 0.15) is 33.5 Å². The van der Waals surface area contributed by atoms with Gasteiger partial charge in [0.2, 0.25) is 5.91 Å².